The highest BCUT2D eigenvalue weighted by Crippen LogP contribution is 2.17. The van der Waals surface area contributed by atoms with Crippen LogP contribution in [0.5, 0.6) is 0 Å². The highest BCUT2D eigenvalue weighted by atomic mass is 32.2. The molecule has 2 aromatic rings. The van der Waals surface area contributed by atoms with Crippen molar-refractivity contribution in [2.24, 2.45) is 0 Å². The van der Waals surface area contributed by atoms with Gasteiger partial charge in [0.1, 0.15) is 5.78 Å². The molecule has 0 unspecified atom stereocenters. The van der Waals surface area contributed by atoms with E-state index >= 15 is 0 Å². The predicted octanol–water partition coefficient (Wildman–Crippen LogP) is 1.64. The van der Waals surface area contributed by atoms with Crippen LogP contribution in [-0.2, 0) is 4.79 Å². The van der Waals surface area contributed by atoms with Crippen molar-refractivity contribution in [3.63, 3.8) is 0 Å². The fraction of sp³-hybridized carbons (Fsp3) is 0.222. The molecule has 0 saturated carbocycles. The quantitative estimate of drug-likeness (QED) is 0.777. The zero-order valence-electron chi connectivity index (χ0n) is 7.65. The maximum absolute atomic E-state index is 10.8. The number of aromatic amines is 1. The fourth-order valence-corrected chi connectivity index (χ4v) is 1.73. The Labute approximate surface area is 85.1 Å². The molecule has 2 aromatic heterocycles. The molecule has 0 atom stereocenters. The van der Waals surface area contributed by atoms with Crippen LogP contribution in [0.4, 0.5) is 0 Å². The van der Waals surface area contributed by atoms with Crippen molar-refractivity contribution in [3.05, 3.63) is 18.3 Å². The molecule has 0 spiro atoms. The smallest absolute Gasteiger partial charge is 0.178 e. The van der Waals surface area contributed by atoms with E-state index < -0.39 is 0 Å². The Hall–Kier alpha value is -1.36. The summed E-state index contributed by atoms with van der Waals surface area (Å²) in [6, 6.07) is 3.76. The van der Waals surface area contributed by atoms with Gasteiger partial charge in [0.2, 0.25) is 0 Å². The summed E-state index contributed by atoms with van der Waals surface area (Å²) in [5.74, 6) is 0.586. The first-order valence-corrected chi connectivity index (χ1v) is 5.17. The van der Waals surface area contributed by atoms with Gasteiger partial charge in [0.05, 0.1) is 11.3 Å². The molecule has 0 fully saturated rings. The average molecular weight is 207 g/mol. The van der Waals surface area contributed by atoms with Gasteiger partial charge in [0.25, 0.3) is 0 Å². The minimum absolute atomic E-state index is 0.142. The lowest BCUT2D eigenvalue weighted by Crippen LogP contribution is -1.93. The predicted molar refractivity (Wildman–Crippen MR) is 55.3 cm³/mol. The van der Waals surface area contributed by atoms with E-state index in [4.69, 9.17) is 0 Å². The number of aromatic nitrogens is 3. The summed E-state index contributed by atoms with van der Waals surface area (Å²) < 4.78 is 0. The minimum Gasteiger partial charge on any atom is -0.332 e. The van der Waals surface area contributed by atoms with Crippen molar-refractivity contribution in [2.75, 3.05) is 5.75 Å². The van der Waals surface area contributed by atoms with Crippen molar-refractivity contribution in [2.45, 2.75) is 12.1 Å². The number of carbonyl (C=O) groups is 1. The number of hydrogen-bond donors (Lipinski definition) is 1. The number of fused-ring (bicyclic) bond motifs is 1. The van der Waals surface area contributed by atoms with Gasteiger partial charge in [-0.2, -0.15) is 0 Å². The van der Waals surface area contributed by atoms with Gasteiger partial charge in [0, 0.05) is 6.20 Å². The number of Topliss-reactive ketones (excluding diaryl/α,β-unsaturated/α-hetero) is 1. The first kappa shape index (κ1) is 9.21. The van der Waals surface area contributed by atoms with Crippen LogP contribution >= 0.6 is 11.8 Å². The van der Waals surface area contributed by atoms with E-state index in [0.29, 0.717) is 11.4 Å². The number of carbonyl (C=O) groups excluding carboxylic acids is 1. The van der Waals surface area contributed by atoms with Crippen LogP contribution in [-0.4, -0.2) is 26.5 Å². The van der Waals surface area contributed by atoms with Crippen LogP contribution in [0.15, 0.2) is 23.5 Å². The lowest BCUT2D eigenvalue weighted by Gasteiger charge is -1.90. The Balaban J connectivity index is 2.22. The van der Waals surface area contributed by atoms with Gasteiger partial charge in [-0.1, -0.05) is 11.8 Å². The Kier molecular flexibility index (Phi) is 2.49. The van der Waals surface area contributed by atoms with Crippen LogP contribution in [0, 0.1) is 0 Å². The number of thioether (sulfide) groups is 1. The molecule has 0 aliphatic rings. The van der Waals surface area contributed by atoms with Gasteiger partial charge in [-0.15, -0.1) is 0 Å². The lowest BCUT2D eigenvalue weighted by molar-refractivity contribution is -0.114. The molecule has 2 rings (SSSR count). The third-order valence-corrected chi connectivity index (χ3v) is 2.67. The zero-order valence-corrected chi connectivity index (χ0v) is 8.47. The molecule has 0 aromatic carbocycles. The summed E-state index contributed by atoms with van der Waals surface area (Å²) in [7, 11) is 0. The Morgan fingerprint density at radius 2 is 2.50 bits per heavy atom. The number of rotatable bonds is 3. The number of H-pyrrole nitrogens is 1. The molecule has 4 nitrogen and oxygen atoms in total. The Bertz CT molecular complexity index is 433. The van der Waals surface area contributed by atoms with Gasteiger partial charge in [0.15, 0.2) is 10.8 Å². The minimum atomic E-state index is 0.142. The van der Waals surface area contributed by atoms with Gasteiger partial charge < -0.3 is 4.98 Å². The Morgan fingerprint density at radius 3 is 3.21 bits per heavy atom. The Morgan fingerprint density at radius 1 is 1.64 bits per heavy atom. The number of nitrogens with zero attached hydrogens (tertiary/aromatic N) is 2. The third kappa shape index (κ3) is 1.93. The summed E-state index contributed by atoms with van der Waals surface area (Å²) in [6.07, 6.45) is 1.70. The zero-order chi connectivity index (χ0) is 9.97. The van der Waals surface area contributed by atoms with E-state index in [0.717, 1.165) is 10.7 Å². The normalized spacial score (nSPS) is 10.6. The molecule has 0 saturated heterocycles. The van der Waals surface area contributed by atoms with Crippen LogP contribution in [0.25, 0.3) is 11.2 Å². The van der Waals surface area contributed by atoms with Crippen LogP contribution in [0.3, 0.4) is 0 Å². The SMILES string of the molecule is CC(=O)CSc1nc2ncccc2[nH]1. The molecule has 72 valence electrons. The lowest BCUT2D eigenvalue weighted by atomic mass is 10.4. The molecule has 0 amide bonds. The second-order valence-corrected chi connectivity index (χ2v) is 3.87. The number of ketones is 1. The molecule has 0 aliphatic heterocycles. The molecular weight excluding hydrogens is 198 g/mol. The molecule has 5 heteroatoms. The highest BCUT2D eigenvalue weighted by molar-refractivity contribution is 7.99. The van der Waals surface area contributed by atoms with Crippen molar-refractivity contribution in [3.8, 4) is 0 Å². The van der Waals surface area contributed by atoms with Crippen LogP contribution in [0.2, 0.25) is 0 Å². The monoisotopic (exact) mass is 207 g/mol. The summed E-state index contributed by atoms with van der Waals surface area (Å²) in [5.41, 5.74) is 1.59. The van der Waals surface area contributed by atoms with E-state index in [-0.39, 0.29) is 5.78 Å². The molecule has 0 aliphatic carbocycles. The molecule has 14 heavy (non-hydrogen) atoms. The standard InChI is InChI=1S/C9H9N3OS/c1-6(13)5-14-9-11-7-3-2-4-10-8(7)12-9/h2-4H,5H2,1H3,(H,10,11,12). The number of pyridine rings is 1. The number of nitrogens with one attached hydrogen (secondary N) is 1. The first-order chi connectivity index (χ1) is 6.75. The van der Waals surface area contributed by atoms with Crippen molar-refractivity contribution in [1.29, 1.82) is 0 Å². The van der Waals surface area contributed by atoms with E-state index in [1.54, 1.807) is 13.1 Å². The molecular formula is C9H9N3OS. The molecule has 0 radical (unpaired) electrons. The van der Waals surface area contributed by atoms with Gasteiger partial charge in [-0.3, -0.25) is 4.79 Å². The fourth-order valence-electron chi connectivity index (χ4n) is 1.06. The van der Waals surface area contributed by atoms with Gasteiger partial charge >= 0.3 is 0 Å². The average Bonchev–Trinajstić information content (AvgIpc) is 2.57. The van der Waals surface area contributed by atoms with E-state index in [9.17, 15) is 4.79 Å². The maximum Gasteiger partial charge on any atom is 0.178 e. The van der Waals surface area contributed by atoms with Gasteiger partial charge in [-0.05, 0) is 19.1 Å². The first-order valence-electron chi connectivity index (χ1n) is 4.18. The summed E-state index contributed by atoms with van der Waals surface area (Å²) in [5, 5.41) is 0.744. The molecule has 1 N–H and O–H groups in total. The summed E-state index contributed by atoms with van der Waals surface area (Å²) in [4.78, 5) is 22.2. The summed E-state index contributed by atoms with van der Waals surface area (Å²) in [6.45, 7) is 1.56. The molecule has 2 heterocycles. The van der Waals surface area contributed by atoms with Crippen LogP contribution in [0.1, 0.15) is 6.92 Å². The van der Waals surface area contributed by atoms with E-state index in [1.165, 1.54) is 11.8 Å². The van der Waals surface area contributed by atoms with E-state index in [1.807, 2.05) is 12.1 Å². The second kappa shape index (κ2) is 3.79. The largest absolute Gasteiger partial charge is 0.332 e. The topological polar surface area (TPSA) is 58.6 Å². The number of imidazole rings is 1. The molecule has 0 bridgehead atoms. The van der Waals surface area contributed by atoms with E-state index in [2.05, 4.69) is 15.0 Å². The summed E-state index contributed by atoms with van der Waals surface area (Å²) >= 11 is 1.40. The second-order valence-electron chi connectivity index (χ2n) is 2.91. The number of hydrogen-bond acceptors (Lipinski definition) is 4. The van der Waals surface area contributed by atoms with Crippen LogP contribution < -0.4 is 0 Å². The highest BCUT2D eigenvalue weighted by Gasteiger charge is 2.04. The van der Waals surface area contributed by atoms with Crippen molar-refractivity contribution >= 4 is 28.7 Å². The maximum atomic E-state index is 10.8. The van der Waals surface area contributed by atoms with Gasteiger partial charge in [-0.25, -0.2) is 9.97 Å². The third-order valence-electron chi connectivity index (χ3n) is 1.65. The van der Waals surface area contributed by atoms with Crippen molar-refractivity contribution in [1.82, 2.24) is 15.0 Å². The van der Waals surface area contributed by atoms with Crippen molar-refractivity contribution < 1.29 is 4.79 Å².